The molecule has 1 aliphatic rings. The normalized spacial score (nSPS) is 14.3. The van der Waals surface area contributed by atoms with Crippen molar-refractivity contribution in [2.75, 3.05) is 13.1 Å². The molecule has 2 aromatic carbocycles. The molecule has 0 unspecified atom stereocenters. The van der Waals surface area contributed by atoms with Crippen molar-refractivity contribution in [2.24, 2.45) is 0 Å². The fraction of sp³-hybridized carbons (Fsp3) is 0.261. The van der Waals surface area contributed by atoms with E-state index in [1.54, 1.807) is 17.0 Å². The number of likely N-dealkylation sites (tertiary alicyclic amines) is 1. The lowest BCUT2D eigenvalue weighted by Gasteiger charge is -2.31. The second-order valence-electron chi connectivity index (χ2n) is 8.44. The number of H-pyrrole nitrogens is 1. The summed E-state index contributed by atoms with van der Waals surface area (Å²) in [6.07, 6.45) is 1.05. The van der Waals surface area contributed by atoms with Crippen molar-refractivity contribution in [3.05, 3.63) is 90.7 Å². The first kappa shape index (κ1) is 23.5. The first-order valence-corrected chi connectivity index (χ1v) is 11.5. The van der Waals surface area contributed by atoms with Gasteiger partial charge in [0.25, 0.3) is 17.2 Å². The first-order chi connectivity index (χ1) is 17.3. The van der Waals surface area contributed by atoms with Gasteiger partial charge in [0.1, 0.15) is 11.6 Å². The molecule has 11 nitrogen and oxygen atoms in total. The number of piperidine rings is 1. The van der Waals surface area contributed by atoms with Crippen LogP contribution in [0.3, 0.4) is 0 Å². The van der Waals surface area contributed by atoms with Crippen LogP contribution in [0.4, 0.5) is 10.1 Å². The van der Waals surface area contributed by atoms with Gasteiger partial charge in [0.15, 0.2) is 11.2 Å². The summed E-state index contributed by atoms with van der Waals surface area (Å²) in [5, 5.41) is 19.1. The van der Waals surface area contributed by atoms with Crippen molar-refractivity contribution in [3.8, 4) is 0 Å². The molecule has 1 fully saturated rings. The topological polar surface area (TPSA) is 140 Å². The third-order valence-corrected chi connectivity index (χ3v) is 6.59. The molecule has 0 spiro atoms. The van der Waals surface area contributed by atoms with E-state index in [1.165, 1.54) is 35.0 Å². The maximum atomic E-state index is 14.3. The van der Waals surface area contributed by atoms with E-state index in [0.717, 1.165) is 0 Å². The minimum Gasteiger partial charge on any atom is -0.339 e. The zero-order valence-electron chi connectivity index (χ0n) is 18.7. The van der Waals surface area contributed by atoms with Crippen LogP contribution in [0.2, 0.25) is 5.02 Å². The zero-order chi connectivity index (χ0) is 25.4. The average molecular weight is 512 g/mol. The Labute approximate surface area is 207 Å². The van der Waals surface area contributed by atoms with Crippen LogP contribution in [0.15, 0.2) is 47.3 Å². The Morgan fingerprint density at radius 3 is 2.69 bits per heavy atom. The van der Waals surface area contributed by atoms with Crippen LogP contribution in [-0.4, -0.2) is 53.8 Å². The van der Waals surface area contributed by atoms with Gasteiger partial charge in [-0.1, -0.05) is 28.9 Å². The fourth-order valence-corrected chi connectivity index (χ4v) is 4.53. The van der Waals surface area contributed by atoms with Crippen LogP contribution in [0, 0.1) is 15.9 Å². The maximum absolute atomic E-state index is 14.3. The van der Waals surface area contributed by atoms with Crippen LogP contribution in [0.25, 0.3) is 11.2 Å². The van der Waals surface area contributed by atoms with Crippen LogP contribution >= 0.6 is 11.6 Å². The largest absolute Gasteiger partial charge is 0.339 e. The Balaban J connectivity index is 1.35. The highest BCUT2D eigenvalue weighted by atomic mass is 35.5. The molecule has 0 radical (unpaired) electrons. The number of non-ortho nitro benzene ring substituents is 1. The molecule has 1 amide bonds. The summed E-state index contributed by atoms with van der Waals surface area (Å²) < 4.78 is 15.6. The Bertz CT molecular complexity index is 1520. The molecule has 5 rings (SSSR count). The monoisotopic (exact) mass is 511 g/mol. The van der Waals surface area contributed by atoms with Gasteiger partial charge >= 0.3 is 0 Å². The molecule has 184 valence electrons. The second-order valence-corrected chi connectivity index (χ2v) is 8.85. The Kier molecular flexibility index (Phi) is 6.18. The summed E-state index contributed by atoms with van der Waals surface area (Å²) in [5.41, 5.74) is 0.0938. The molecule has 1 saturated heterocycles. The van der Waals surface area contributed by atoms with Crippen molar-refractivity contribution in [2.45, 2.75) is 25.3 Å². The number of aromatic amines is 1. The van der Waals surface area contributed by atoms with Crippen LogP contribution in [0.1, 0.15) is 40.5 Å². The van der Waals surface area contributed by atoms with Crippen molar-refractivity contribution >= 4 is 34.4 Å². The minimum atomic E-state index is -0.541. The van der Waals surface area contributed by atoms with Gasteiger partial charge in [0.05, 0.1) is 11.5 Å². The molecule has 0 bridgehead atoms. The van der Waals surface area contributed by atoms with Gasteiger partial charge in [-0.2, -0.15) is 0 Å². The summed E-state index contributed by atoms with van der Waals surface area (Å²) in [6.45, 7) is 0.723. The molecule has 2 aromatic heterocycles. The Morgan fingerprint density at radius 2 is 1.97 bits per heavy atom. The fourth-order valence-electron chi connectivity index (χ4n) is 4.31. The number of rotatable bonds is 5. The van der Waals surface area contributed by atoms with Crippen molar-refractivity contribution < 1.29 is 14.1 Å². The van der Waals surface area contributed by atoms with E-state index < -0.39 is 16.3 Å². The smallest absolute Gasteiger partial charge is 0.281 e. The molecular formula is C23H19ClFN7O4. The van der Waals surface area contributed by atoms with E-state index >= 15 is 0 Å². The van der Waals surface area contributed by atoms with Gasteiger partial charge in [0, 0.05) is 47.3 Å². The number of benzene rings is 2. The predicted octanol–water partition coefficient (Wildman–Crippen LogP) is 3.28. The third-order valence-electron chi connectivity index (χ3n) is 6.23. The number of hydrogen-bond donors (Lipinski definition) is 1. The highest BCUT2D eigenvalue weighted by Crippen LogP contribution is 2.27. The van der Waals surface area contributed by atoms with Crippen molar-refractivity contribution in [3.63, 3.8) is 0 Å². The second kappa shape index (κ2) is 9.46. The van der Waals surface area contributed by atoms with Gasteiger partial charge in [0.2, 0.25) is 0 Å². The van der Waals surface area contributed by atoms with Gasteiger partial charge < -0.3 is 9.88 Å². The minimum absolute atomic E-state index is 0.0319. The molecule has 13 heteroatoms. The predicted molar refractivity (Wildman–Crippen MR) is 127 cm³/mol. The SMILES string of the molecule is O=C(c1cccc([N+](=O)[O-])c1)N1CCC(c2nc3c(nnn3Cc3c(F)cccc3Cl)c(=O)[nH]2)CC1. The summed E-state index contributed by atoms with van der Waals surface area (Å²) in [7, 11) is 0. The lowest BCUT2D eigenvalue weighted by atomic mass is 9.95. The summed E-state index contributed by atoms with van der Waals surface area (Å²) in [5.74, 6) is -0.509. The van der Waals surface area contributed by atoms with Gasteiger partial charge in [-0.3, -0.25) is 19.7 Å². The van der Waals surface area contributed by atoms with E-state index in [4.69, 9.17) is 11.6 Å². The Hall–Kier alpha value is -4.19. The van der Waals surface area contributed by atoms with E-state index in [9.17, 15) is 24.1 Å². The van der Waals surface area contributed by atoms with Crippen LogP contribution in [-0.2, 0) is 6.54 Å². The number of hydrogen-bond acceptors (Lipinski definition) is 7. The van der Waals surface area contributed by atoms with E-state index in [2.05, 4.69) is 20.3 Å². The number of amides is 1. The lowest BCUT2D eigenvalue weighted by Crippen LogP contribution is -2.38. The third kappa shape index (κ3) is 4.42. The molecule has 0 aliphatic carbocycles. The Morgan fingerprint density at radius 1 is 1.22 bits per heavy atom. The number of halogens is 2. The van der Waals surface area contributed by atoms with Gasteiger partial charge in [-0.25, -0.2) is 14.1 Å². The molecular weight excluding hydrogens is 493 g/mol. The van der Waals surface area contributed by atoms with Gasteiger partial charge in [-0.15, -0.1) is 5.10 Å². The summed E-state index contributed by atoms with van der Waals surface area (Å²) in [6, 6.07) is 9.97. The number of nitro benzene ring substituents is 1. The molecule has 36 heavy (non-hydrogen) atoms. The molecule has 1 aliphatic heterocycles. The number of fused-ring (bicyclic) bond motifs is 1. The van der Waals surface area contributed by atoms with E-state index in [1.807, 2.05) is 0 Å². The number of nitrogens with zero attached hydrogens (tertiary/aromatic N) is 6. The summed E-state index contributed by atoms with van der Waals surface area (Å²) >= 11 is 6.13. The highest BCUT2D eigenvalue weighted by Gasteiger charge is 2.28. The average Bonchev–Trinajstić information content (AvgIpc) is 3.29. The number of nitrogens with one attached hydrogen (secondary N) is 1. The van der Waals surface area contributed by atoms with Crippen molar-refractivity contribution in [1.29, 1.82) is 0 Å². The number of aromatic nitrogens is 5. The quantitative estimate of drug-likeness (QED) is 0.320. The first-order valence-electron chi connectivity index (χ1n) is 11.1. The number of nitro groups is 1. The number of carbonyl (C=O) groups excluding carboxylic acids is 1. The molecule has 1 N–H and O–H groups in total. The zero-order valence-corrected chi connectivity index (χ0v) is 19.5. The molecule has 0 saturated carbocycles. The molecule has 4 aromatic rings. The van der Waals surface area contributed by atoms with E-state index in [-0.39, 0.29) is 51.4 Å². The van der Waals surface area contributed by atoms with Crippen LogP contribution < -0.4 is 5.56 Å². The highest BCUT2D eigenvalue weighted by molar-refractivity contribution is 6.31. The lowest BCUT2D eigenvalue weighted by molar-refractivity contribution is -0.384. The van der Waals surface area contributed by atoms with Gasteiger partial charge in [-0.05, 0) is 31.0 Å². The summed E-state index contributed by atoms with van der Waals surface area (Å²) in [4.78, 5) is 44.9. The molecule has 3 heterocycles. The standard InChI is InChI=1S/C23H19ClFN7O4/c24-17-5-2-6-18(25)16(17)12-31-21-19(28-29-31)22(33)27-20(26-21)13-7-9-30(10-8-13)23(34)14-3-1-4-15(11-14)32(35)36/h1-6,11,13H,7-10,12H2,(H,26,27,33). The molecule has 0 atom stereocenters. The maximum Gasteiger partial charge on any atom is 0.281 e. The number of carbonyl (C=O) groups is 1. The van der Waals surface area contributed by atoms with Crippen molar-refractivity contribution in [1.82, 2.24) is 29.9 Å². The van der Waals surface area contributed by atoms with Crippen LogP contribution in [0.5, 0.6) is 0 Å². The van der Waals surface area contributed by atoms with E-state index in [0.29, 0.717) is 31.8 Å².